The zero-order valence-corrected chi connectivity index (χ0v) is 6.92. The second-order valence-corrected chi connectivity index (χ2v) is 4.03. The highest BCUT2D eigenvalue weighted by atomic mass is 16.3. The summed E-state index contributed by atoms with van der Waals surface area (Å²) in [6.07, 6.45) is 7.63. The summed E-state index contributed by atoms with van der Waals surface area (Å²) in [6.45, 7) is 3.71. The Balaban J connectivity index is 2.03. The van der Waals surface area contributed by atoms with E-state index in [9.17, 15) is 5.11 Å². The Kier molecular flexibility index (Phi) is 1.57. The van der Waals surface area contributed by atoms with Gasteiger partial charge in [0.1, 0.15) is 0 Å². The van der Waals surface area contributed by atoms with Crippen LogP contribution in [0.1, 0.15) is 32.1 Å². The maximum atomic E-state index is 10.2. The van der Waals surface area contributed by atoms with E-state index in [1.54, 1.807) is 0 Å². The molecule has 62 valence electrons. The van der Waals surface area contributed by atoms with Crippen LogP contribution in [0.15, 0.2) is 12.7 Å². The van der Waals surface area contributed by atoms with Gasteiger partial charge in [-0.25, -0.2) is 0 Å². The van der Waals surface area contributed by atoms with E-state index in [0.29, 0.717) is 11.8 Å². The summed E-state index contributed by atoms with van der Waals surface area (Å²) < 4.78 is 0. The van der Waals surface area contributed by atoms with E-state index in [1.165, 1.54) is 25.7 Å². The van der Waals surface area contributed by atoms with Crippen molar-refractivity contribution in [3.05, 3.63) is 12.7 Å². The van der Waals surface area contributed by atoms with Gasteiger partial charge in [0.15, 0.2) is 0 Å². The van der Waals surface area contributed by atoms with Gasteiger partial charge in [-0.3, -0.25) is 0 Å². The Morgan fingerprint density at radius 1 is 1.27 bits per heavy atom. The van der Waals surface area contributed by atoms with E-state index < -0.39 is 0 Å². The molecule has 0 aromatic heterocycles. The van der Waals surface area contributed by atoms with Crippen molar-refractivity contribution in [2.24, 2.45) is 11.8 Å². The molecule has 0 aliphatic heterocycles. The van der Waals surface area contributed by atoms with Crippen LogP contribution in [0.5, 0.6) is 0 Å². The van der Waals surface area contributed by atoms with Crippen molar-refractivity contribution in [2.45, 2.75) is 37.7 Å². The molecule has 11 heavy (non-hydrogen) atoms. The largest absolute Gasteiger partial charge is 0.389 e. The zero-order valence-electron chi connectivity index (χ0n) is 6.92. The van der Waals surface area contributed by atoms with Crippen LogP contribution in [0.3, 0.4) is 0 Å². The van der Waals surface area contributed by atoms with Crippen LogP contribution >= 0.6 is 0 Å². The summed E-state index contributed by atoms with van der Waals surface area (Å²) in [4.78, 5) is 0. The topological polar surface area (TPSA) is 20.2 Å². The molecule has 0 radical (unpaired) electrons. The van der Waals surface area contributed by atoms with E-state index in [4.69, 9.17) is 0 Å². The Hall–Kier alpha value is -0.300. The lowest BCUT2D eigenvalue weighted by molar-refractivity contribution is -0.00189. The van der Waals surface area contributed by atoms with E-state index in [-0.39, 0.29) is 5.60 Å². The van der Waals surface area contributed by atoms with E-state index >= 15 is 0 Å². The first-order chi connectivity index (χ1) is 5.27. The van der Waals surface area contributed by atoms with Crippen molar-refractivity contribution in [3.8, 4) is 0 Å². The molecule has 1 heteroatoms. The molecule has 0 heterocycles. The average Bonchev–Trinajstić information content (AvgIpc) is 2.84. The van der Waals surface area contributed by atoms with Crippen LogP contribution in [0, 0.1) is 11.8 Å². The molecule has 1 N–H and O–H groups in total. The Bertz CT molecular complexity index is 154. The van der Waals surface area contributed by atoms with Crippen LogP contribution in [-0.2, 0) is 0 Å². The van der Waals surface area contributed by atoms with Crippen LogP contribution in [0.4, 0.5) is 0 Å². The van der Waals surface area contributed by atoms with Crippen molar-refractivity contribution in [1.82, 2.24) is 0 Å². The van der Waals surface area contributed by atoms with Crippen molar-refractivity contribution >= 4 is 0 Å². The number of hydrogen-bond donors (Lipinski definition) is 1. The molecule has 2 saturated carbocycles. The summed E-state index contributed by atoms with van der Waals surface area (Å²) in [7, 11) is 0. The minimum atomic E-state index is -0.345. The Labute approximate surface area is 68.1 Å². The molecule has 0 bridgehead atoms. The maximum Gasteiger partial charge on any atom is 0.0737 e. The molecule has 0 spiro atoms. The summed E-state index contributed by atoms with van der Waals surface area (Å²) in [5.41, 5.74) is -0.345. The van der Waals surface area contributed by atoms with Crippen LogP contribution in [0.25, 0.3) is 0 Å². The minimum Gasteiger partial charge on any atom is -0.389 e. The highest BCUT2D eigenvalue weighted by Gasteiger charge is 2.52. The van der Waals surface area contributed by atoms with Crippen molar-refractivity contribution in [3.63, 3.8) is 0 Å². The Morgan fingerprint density at radius 3 is 2.00 bits per heavy atom. The standard InChI is InChI=1S/C10H16O/c1-2-7-10(11,8-3-4-8)9-5-6-9/h2,8-9,11H,1,3-7H2. The first-order valence-corrected chi connectivity index (χ1v) is 4.60. The normalized spacial score (nSPS) is 25.2. The van der Waals surface area contributed by atoms with Gasteiger partial charge in [-0.1, -0.05) is 6.08 Å². The monoisotopic (exact) mass is 152 g/mol. The smallest absolute Gasteiger partial charge is 0.0737 e. The third kappa shape index (κ3) is 1.22. The van der Waals surface area contributed by atoms with E-state index in [0.717, 1.165) is 6.42 Å². The number of rotatable bonds is 4. The van der Waals surface area contributed by atoms with Crippen molar-refractivity contribution in [1.29, 1.82) is 0 Å². The molecule has 0 amide bonds. The summed E-state index contributed by atoms with van der Waals surface area (Å²) in [5.74, 6) is 1.21. The van der Waals surface area contributed by atoms with Crippen molar-refractivity contribution < 1.29 is 5.11 Å². The average molecular weight is 152 g/mol. The molecule has 0 unspecified atom stereocenters. The fourth-order valence-electron chi connectivity index (χ4n) is 2.06. The maximum absolute atomic E-state index is 10.2. The fraction of sp³-hybridized carbons (Fsp3) is 0.800. The van der Waals surface area contributed by atoms with Crippen LogP contribution in [0.2, 0.25) is 0 Å². The molecule has 2 fully saturated rings. The van der Waals surface area contributed by atoms with Gasteiger partial charge >= 0.3 is 0 Å². The molecule has 0 saturated heterocycles. The molecule has 2 aliphatic rings. The lowest BCUT2D eigenvalue weighted by Gasteiger charge is -2.26. The first kappa shape index (κ1) is 7.35. The lowest BCUT2D eigenvalue weighted by atomic mass is 9.88. The predicted molar refractivity (Wildman–Crippen MR) is 45.2 cm³/mol. The van der Waals surface area contributed by atoms with Crippen LogP contribution < -0.4 is 0 Å². The highest BCUT2D eigenvalue weighted by molar-refractivity contribution is 5.06. The summed E-state index contributed by atoms with van der Waals surface area (Å²) >= 11 is 0. The quantitative estimate of drug-likeness (QED) is 0.612. The number of aliphatic hydroxyl groups is 1. The minimum absolute atomic E-state index is 0.345. The third-order valence-corrected chi connectivity index (χ3v) is 3.04. The van der Waals surface area contributed by atoms with Gasteiger partial charge in [-0.05, 0) is 43.9 Å². The van der Waals surface area contributed by atoms with Gasteiger partial charge in [0.25, 0.3) is 0 Å². The predicted octanol–water partition coefficient (Wildman–Crippen LogP) is 2.11. The first-order valence-electron chi connectivity index (χ1n) is 4.60. The SMILES string of the molecule is C=CCC(O)(C1CC1)C1CC1. The molecule has 2 aliphatic carbocycles. The van der Waals surface area contributed by atoms with Gasteiger partial charge in [0.05, 0.1) is 5.60 Å². The molecular weight excluding hydrogens is 136 g/mol. The fourth-order valence-corrected chi connectivity index (χ4v) is 2.06. The van der Waals surface area contributed by atoms with Gasteiger partial charge in [0, 0.05) is 0 Å². The summed E-state index contributed by atoms with van der Waals surface area (Å²) in [6, 6.07) is 0. The van der Waals surface area contributed by atoms with E-state index in [2.05, 4.69) is 6.58 Å². The second-order valence-electron chi connectivity index (χ2n) is 4.03. The van der Waals surface area contributed by atoms with Gasteiger partial charge in [-0.15, -0.1) is 6.58 Å². The molecule has 0 aromatic carbocycles. The molecule has 1 nitrogen and oxygen atoms in total. The number of hydrogen-bond acceptors (Lipinski definition) is 1. The van der Waals surface area contributed by atoms with Gasteiger partial charge < -0.3 is 5.11 Å². The molecule has 0 atom stereocenters. The molecule has 2 rings (SSSR count). The lowest BCUT2D eigenvalue weighted by Crippen LogP contribution is -2.33. The van der Waals surface area contributed by atoms with Gasteiger partial charge in [-0.2, -0.15) is 0 Å². The second kappa shape index (κ2) is 2.34. The van der Waals surface area contributed by atoms with Crippen molar-refractivity contribution in [2.75, 3.05) is 0 Å². The molecule has 0 aromatic rings. The Morgan fingerprint density at radius 2 is 1.73 bits per heavy atom. The summed E-state index contributed by atoms with van der Waals surface area (Å²) in [5, 5.41) is 10.2. The van der Waals surface area contributed by atoms with Crippen LogP contribution in [-0.4, -0.2) is 10.7 Å². The highest BCUT2D eigenvalue weighted by Crippen LogP contribution is 2.53. The van der Waals surface area contributed by atoms with Gasteiger partial charge in [0.2, 0.25) is 0 Å². The zero-order chi connectivity index (χ0) is 7.90. The third-order valence-electron chi connectivity index (χ3n) is 3.04. The van der Waals surface area contributed by atoms with E-state index in [1.807, 2.05) is 6.08 Å². The molecular formula is C10H16O.